The molecule has 0 unspecified atom stereocenters. The maximum absolute atomic E-state index is 6.00. The van der Waals surface area contributed by atoms with Gasteiger partial charge < -0.3 is 4.74 Å². The van der Waals surface area contributed by atoms with E-state index in [1.807, 2.05) is 0 Å². The van der Waals surface area contributed by atoms with E-state index in [0.717, 1.165) is 25.2 Å². The maximum Gasteiger partial charge on any atom is 0.0760 e. The van der Waals surface area contributed by atoms with Gasteiger partial charge in [-0.15, -0.1) is 11.6 Å². The van der Waals surface area contributed by atoms with Gasteiger partial charge in [0.25, 0.3) is 0 Å². The quantitative estimate of drug-likeness (QED) is 0.547. The average Bonchev–Trinajstić information content (AvgIpc) is 1.97. The van der Waals surface area contributed by atoms with Crippen molar-refractivity contribution in [3.8, 4) is 0 Å². The van der Waals surface area contributed by atoms with Crippen molar-refractivity contribution < 1.29 is 4.74 Å². The van der Waals surface area contributed by atoms with Gasteiger partial charge in [-0.05, 0) is 33.3 Å². The Hall–Kier alpha value is -0.0500. The van der Waals surface area contributed by atoms with Crippen LogP contribution < -0.4 is 0 Å². The predicted molar refractivity (Wildman–Crippen MR) is 65.5 cm³/mol. The smallest absolute Gasteiger partial charge is 0.0760 e. The molecular formula is C12H22ClNO. The number of rotatable bonds is 3. The molecule has 0 spiro atoms. The van der Waals surface area contributed by atoms with Crippen molar-refractivity contribution in [2.24, 2.45) is 0 Å². The van der Waals surface area contributed by atoms with Crippen molar-refractivity contribution in [1.82, 2.24) is 4.90 Å². The molecule has 1 aliphatic rings. The zero-order chi connectivity index (χ0) is 11.7. The second kappa shape index (κ2) is 4.44. The van der Waals surface area contributed by atoms with Crippen molar-refractivity contribution in [3.63, 3.8) is 0 Å². The molecule has 0 bridgehead atoms. The van der Waals surface area contributed by atoms with E-state index in [9.17, 15) is 0 Å². The van der Waals surface area contributed by atoms with Crippen LogP contribution in [0.5, 0.6) is 0 Å². The topological polar surface area (TPSA) is 12.5 Å². The molecule has 3 heteroatoms. The zero-order valence-electron chi connectivity index (χ0n) is 10.3. The summed E-state index contributed by atoms with van der Waals surface area (Å²) in [7, 11) is 0. The van der Waals surface area contributed by atoms with Crippen molar-refractivity contribution in [2.75, 3.05) is 25.5 Å². The molecule has 1 saturated heterocycles. The van der Waals surface area contributed by atoms with E-state index in [-0.39, 0.29) is 11.2 Å². The maximum atomic E-state index is 6.00. The van der Waals surface area contributed by atoms with Gasteiger partial charge in [0.1, 0.15) is 0 Å². The fourth-order valence-electron chi connectivity index (χ4n) is 2.42. The predicted octanol–water partition coefficient (Wildman–Crippen LogP) is 2.67. The first kappa shape index (κ1) is 13.0. The van der Waals surface area contributed by atoms with Gasteiger partial charge in [0.2, 0.25) is 0 Å². The molecule has 0 atom stereocenters. The minimum absolute atomic E-state index is 0.0889. The molecule has 0 aromatic rings. The lowest BCUT2D eigenvalue weighted by Crippen LogP contribution is -2.57. The van der Waals surface area contributed by atoms with E-state index >= 15 is 0 Å². The number of nitrogens with zero attached hydrogens (tertiary/aromatic N) is 1. The molecule has 88 valence electrons. The van der Waals surface area contributed by atoms with E-state index in [1.165, 1.54) is 0 Å². The van der Waals surface area contributed by atoms with Crippen LogP contribution in [0.1, 0.15) is 27.7 Å². The summed E-state index contributed by atoms with van der Waals surface area (Å²) in [4.78, 5) is 2.37. The fourth-order valence-corrected chi connectivity index (χ4v) is 2.50. The number of alkyl halides is 1. The number of hydrogen-bond donors (Lipinski definition) is 0. The summed E-state index contributed by atoms with van der Waals surface area (Å²) in [5.41, 5.74) is 0.896. The molecule has 0 aromatic carbocycles. The third-order valence-electron chi connectivity index (χ3n) is 2.40. The second-order valence-corrected chi connectivity index (χ2v) is 5.92. The molecular weight excluding hydrogens is 210 g/mol. The summed E-state index contributed by atoms with van der Waals surface area (Å²) in [6.45, 7) is 15.2. The van der Waals surface area contributed by atoms with Crippen molar-refractivity contribution >= 4 is 11.6 Å². The minimum Gasteiger partial charge on any atom is -0.367 e. The molecule has 1 fully saturated rings. The molecule has 15 heavy (non-hydrogen) atoms. The standard InChI is InChI=1S/C12H22ClNO/c1-10(6-13)7-14-8-11(2,3)15-12(4,5)9-14/h1,6-9H2,2-5H3. The highest BCUT2D eigenvalue weighted by atomic mass is 35.5. The Kier molecular flexibility index (Phi) is 3.85. The van der Waals surface area contributed by atoms with Crippen molar-refractivity contribution in [3.05, 3.63) is 12.2 Å². The first-order valence-corrected chi connectivity index (χ1v) is 5.93. The molecule has 0 aliphatic carbocycles. The molecule has 0 radical (unpaired) electrons. The summed E-state index contributed by atoms with van der Waals surface area (Å²) in [6.07, 6.45) is 0. The number of ether oxygens (including phenoxy) is 1. The van der Waals surface area contributed by atoms with Crippen LogP contribution in [-0.4, -0.2) is 41.6 Å². The van der Waals surface area contributed by atoms with E-state index in [2.05, 4.69) is 39.2 Å². The van der Waals surface area contributed by atoms with Gasteiger partial charge in [-0.3, -0.25) is 4.90 Å². The first-order chi connectivity index (χ1) is 6.74. The molecule has 0 amide bonds. The summed E-state index contributed by atoms with van der Waals surface area (Å²) in [5.74, 6) is 0.540. The van der Waals surface area contributed by atoms with Gasteiger partial charge in [-0.2, -0.15) is 0 Å². The molecule has 0 aromatic heterocycles. The SMILES string of the molecule is C=C(CCl)CN1CC(C)(C)OC(C)(C)C1. The lowest BCUT2D eigenvalue weighted by molar-refractivity contribution is -0.178. The summed E-state index contributed by atoms with van der Waals surface area (Å²) in [6, 6.07) is 0. The third kappa shape index (κ3) is 4.13. The summed E-state index contributed by atoms with van der Waals surface area (Å²) >= 11 is 5.76. The number of halogens is 1. The van der Waals surface area contributed by atoms with Crippen LogP contribution in [0.3, 0.4) is 0 Å². The Balaban J connectivity index is 2.63. The molecule has 0 N–H and O–H groups in total. The van der Waals surface area contributed by atoms with Gasteiger partial charge in [0.15, 0.2) is 0 Å². The highest BCUT2D eigenvalue weighted by molar-refractivity contribution is 6.19. The van der Waals surface area contributed by atoms with Crippen molar-refractivity contribution in [2.45, 2.75) is 38.9 Å². The molecule has 1 rings (SSSR count). The van der Waals surface area contributed by atoms with E-state index in [4.69, 9.17) is 16.3 Å². The Morgan fingerprint density at radius 1 is 1.27 bits per heavy atom. The minimum atomic E-state index is -0.0889. The van der Waals surface area contributed by atoms with Gasteiger partial charge in [-0.25, -0.2) is 0 Å². The van der Waals surface area contributed by atoms with Gasteiger partial charge >= 0.3 is 0 Å². The van der Waals surface area contributed by atoms with Crippen molar-refractivity contribution in [1.29, 1.82) is 0 Å². The molecule has 1 heterocycles. The largest absolute Gasteiger partial charge is 0.367 e. The first-order valence-electron chi connectivity index (χ1n) is 5.39. The highest BCUT2D eigenvalue weighted by Gasteiger charge is 2.37. The third-order valence-corrected chi connectivity index (χ3v) is 2.78. The second-order valence-electron chi connectivity index (χ2n) is 5.65. The molecule has 2 nitrogen and oxygen atoms in total. The normalized spacial score (nSPS) is 25.1. The van der Waals surface area contributed by atoms with Crippen LogP contribution >= 0.6 is 11.6 Å². The van der Waals surface area contributed by atoms with E-state index in [0.29, 0.717) is 5.88 Å². The van der Waals surface area contributed by atoms with Crippen LogP contribution in [0, 0.1) is 0 Å². The summed E-state index contributed by atoms with van der Waals surface area (Å²) in [5, 5.41) is 0. The van der Waals surface area contributed by atoms with E-state index < -0.39 is 0 Å². The Morgan fingerprint density at radius 2 is 1.73 bits per heavy atom. The van der Waals surface area contributed by atoms with Crippen LogP contribution in [-0.2, 0) is 4.74 Å². The lowest BCUT2D eigenvalue weighted by atomic mass is 9.98. The van der Waals surface area contributed by atoms with Gasteiger partial charge in [-0.1, -0.05) is 6.58 Å². The van der Waals surface area contributed by atoms with Gasteiger partial charge in [0, 0.05) is 25.5 Å². The van der Waals surface area contributed by atoms with Crippen LogP contribution in [0.4, 0.5) is 0 Å². The van der Waals surface area contributed by atoms with E-state index in [1.54, 1.807) is 0 Å². The average molecular weight is 232 g/mol. The molecule has 1 aliphatic heterocycles. The Bertz CT molecular complexity index is 232. The Labute approximate surface area is 98.2 Å². The zero-order valence-corrected chi connectivity index (χ0v) is 11.0. The fraction of sp³-hybridized carbons (Fsp3) is 0.833. The monoisotopic (exact) mass is 231 g/mol. The van der Waals surface area contributed by atoms with Crippen LogP contribution in [0.15, 0.2) is 12.2 Å². The number of hydrogen-bond acceptors (Lipinski definition) is 2. The molecule has 0 saturated carbocycles. The lowest BCUT2D eigenvalue weighted by Gasteiger charge is -2.47. The van der Waals surface area contributed by atoms with Gasteiger partial charge in [0.05, 0.1) is 11.2 Å². The van der Waals surface area contributed by atoms with Crippen LogP contribution in [0.25, 0.3) is 0 Å². The highest BCUT2D eigenvalue weighted by Crippen LogP contribution is 2.28. The summed E-state index contributed by atoms with van der Waals surface area (Å²) < 4.78 is 6.00. The number of morpholine rings is 1. The Morgan fingerprint density at radius 3 is 2.13 bits per heavy atom. The van der Waals surface area contributed by atoms with Crippen LogP contribution in [0.2, 0.25) is 0 Å².